The number of benzene rings is 2. The summed E-state index contributed by atoms with van der Waals surface area (Å²) in [5.41, 5.74) is 4.15. The van der Waals surface area contributed by atoms with Crippen LogP contribution < -0.4 is 16.0 Å². The number of hydrogen-bond donors (Lipinski definition) is 0. The van der Waals surface area contributed by atoms with Crippen LogP contribution in [-0.2, 0) is 0 Å². The largest absolute Gasteiger partial charge is 0.422 e. The molecule has 0 radical (unpaired) electrons. The first-order valence-electron chi connectivity index (χ1n) is 7.43. The second-order valence-electron chi connectivity index (χ2n) is 5.61. The molecule has 0 spiro atoms. The lowest BCUT2D eigenvalue weighted by Crippen LogP contribution is -2.10. The van der Waals surface area contributed by atoms with E-state index in [0.29, 0.717) is 11.1 Å². The van der Waals surface area contributed by atoms with Gasteiger partial charge in [0.2, 0.25) is 0 Å². The summed E-state index contributed by atoms with van der Waals surface area (Å²) >= 11 is 0. The van der Waals surface area contributed by atoms with Gasteiger partial charge in [-0.15, -0.1) is 0 Å². The molecule has 110 valence electrons. The lowest BCUT2D eigenvalue weighted by Gasteiger charge is -2.12. The van der Waals surface area contributed by atoms with Crippen LogP contribution in [0.15, 0.2) is 57.7 Å². The number of rotatable bonds is 3. The van der Waals surface area contributed by atoms with Crippen molar-refractivity contribution >= 4 is 29.4 Å². The van der Waals surface area contributed by atoms with Gasteiger partial charge in [-0.05, 0) is 29.8 Å². The van der Waals surface area contributed by atoms with Crippen molar-refractivity contribution in [2.75, 3.05) is 19.0 Å². The Hall–Kier alpha value is -2.49. The number of nitrogens with zero attached hydrogens (tertiary/aromatic N) is 1. The van der Waals surface area contributed by atoms with Crippen LogP contribution in [0.1, 0.15) is 0 Å². The van der Waals surface area contributed by atoms with Crippen LogP contribution in [0.5, 0.6) is 0 Å². The topological polar surface area (TPSA) is 33.5 Å². The third-order valence-electron chi connectivity index (χ3n) is 3.90. The minimum Gasteiger partial charge on any atom is -0.422 e. The first-order chi connectivity index (χ1) is 10.6. The average molecular weight is 291 g/mol. The van der Waals surface area contributed by atoms with E-state index in [-0.39, 0.29) is 5.63 Å². The maximum Gasteiger partial charge on any atom is 0.344 e. The minimum absolute atomic E-state index is 0.297. The molecule has 0 amide bonds. The molecule has 0 atom stereocenters. The maximum absolute atomic E-state index is 12.2. The van der Waals surface area contributed by atoms with Gasteiger partial charge in [-0.1, -0.05) is 36.6 Å². The van der Waals surface area contributed by atoms with Crippen molar-refractivity contribution in [3.05, 3.63) is 59.0 Å². The minimum atomic E-state index is -0.297. The van der Waals surface area contributed by atoms with Gasteiger partial charge in [0, 0.05) is 25.2 Å². The van der Waals surface area contributed by atoms with Crippen LogP contribution in [0.25, 0.3) is 22.1 Å². The molecule has 0 fully saturated rings. The normalized spacial score (nSPS) is 10.7. The highest BCUT2D eigenvalue weighted by Gasteiger charge is 2.08. The first-order valence-corrected chi connectivity index (χ1v) is 7.43. The zero-order valence-electron chi connectivity index (χ0n) is 13.1. The van der Waals surface area contributed by atoms with Gasteiger partial charge in [0.15, 0.2) is 7.28 Å². The van der Waals surface area contributed by atoms with E-state index < -0.39 is 0 Å². The number of anilines is 1. The van der Waals surface area contributed by atoms with Crippen molar-refractivity contribution in [3.8, 4) is 11.1 Å². The van der Waals surface area contributed by atoms with Crippen LogP contribution in [0, 0.1) is 0 Å². The van der Waals surface area contributed by atoms with Crippen LogP contribution in [0.2, 0.25) is 6.82 Å². The molecule has 0 saturated heterocycles. The van der Waals surface area contributed by atoms with Gasteiger partial charge in [-0.2, -0.15) is 0 Å². The summed E-state index contributed by atoms with van der Waals surface area (Å²) in [4.78, 5) is 14.3. The number of hydrogen-bond acceptors (Lipinski definition) is 3. The van der Waals surface area contributed by atoms with Crippen molar-refractivity contribution in [1.82, 2.24) is 0 Å². The molecule has 1 heterocycles. The summed E-state index contributed by atoms with van der Waals surface area (Å²) in [5, 5.41) is 0.964. The van der Waals surface area contributed by atoms with Crippen molar-refractivity contribution in [1.29, 1.82) is 0 Å². The Kier molecular flexibility index (Phi) is 3.76. The van der Waals surface area contributed by atoms with E-state index in [9.17, 15) is 4.79 Å². The summed E-state index contributed by atoms with van der Waals surface area (Å²) in [6, 6.07) is 15.8. The van der Waals surface area contributed by atoms with E-state index in [1.165, 1.54) is 5.46 Å². The van der Waals surface area contributed by atoms with Gasteiger partial charge in [0.25, 0.3) is 0 Å². The molecule has 0 unspecified atom stereocenters. The van der Waals surface area contributed by atoms with Crippen molar-refractivity contribution in [3.63, 3.8) is 0 Å². The molecule has 0 bridgehead atoms. The van der Waals surface area contributed by atoms with Gasteiger partial charge in [0.05, 0.1) is 5.56 Å². The Morgan fingerprint density at radius 3 is 2.36 bits per heavy atom. The Bertz CT molecular complexity index is 866. The van der Waals surface area contributed by atoms with Gasteiger partial charge in [-0.25, -0.2) is 4.79 Å². The third-order valence-corrected chi connectivity index (χ3v) is 3.90. The molecule has 3 aromatic rings. The standard InChI is InChI=1S/C18H18BNO2/c1-19-14-6-9-17-13(10-14)11-16(18(21)22-17)12-4-7-15(8-5-12)20(2)3/h4-11,19H,1-3H3. The van der Waals surface area contributed by atoms with E-state index in [0.717, 1.165) is 23.9 Å². The summed E-state index contributed by atoms with van der Waals surface area (Å²) in [6.45, 7) is 2.11. The molecular weight excluding hydrogens is 273 g/mol. The van der Waals surface area contributed by atoms with Crippen molar-refractivity contribution in [2.24, 2.45) is 0 Å². The Balaban J connectivity index is 2.13. The van der Waals surface area contributed by atoms with Gasteiger partial charge in [-0.3, -0.25) is 0 Å². The fraction of sp³-hybridized carbons (Fsp3) is 0.167. The van der Waals surface area contributed by atoms with Crippen LogP contribution in [-0.4, -0.2) is 21.4 Å². The Morgan fingerprint density at radius 1 is 1.00 bits per heavy atom. The highest BCUT2D eigenvalue weighted by Crippen LogP contribution is 2.22. The van der Waals surface area contributed by atoms with E-state index in [4.69, 9.17) is 4.42 Å². The molecular formula is C18H18BNO2. The molecule has 0 aliphatic heterocycles. The molecule has 3 nitrogen and oxygen atoms in total. The highest BCUT2D eigenvalue weighted by atomic mass is 16.4. The van der Waals surface area contributed by atoms with E-state index in [2.05, 4.69) is 12.9 Å². The van der Waals surface area contributed by atoms with Gasteiger partial charge >= 0.3 is 5.63 Å². The smallest absolute Gasteiger partial charge is 0.344 e. The van der Waals surface area contributed by atoms with E-state index in [1.54, 1.807) is 0 Å². The monoisotopic (exact) mass is 291 g/mol. The molecule has 0 aliphatic rings. The predicted octanol–water partition coefficient (Wildman–Crippen LogP) is 2.64. The molecule has 3 rings (SSSR count). The fourth-order valence-corrected chi connectivity index (χ4v) is 2.53. The lowest BCUT2D eigenvalue weighted by molar-refractivity contribution is 0.563. The summed E-state index contributed by atoms with van der Waals surface area (Å²) in [6.07, 6.45) is 0. The molecule has 4 heteroatoms. The van der Waals surface area contributed by atoms with Crippen LogP contribution >= 0.6 is 0 Å². The zero-order valence-corrected chi connectivity index (χ0v) is 13.1. The van der Waals surface area contributed by atoms with Crippen LogP contribution in [0.3, 0.4) is 0 Å². The molecule has 2 aromatic carbocycles. The molecule has 0 saturated carbocycles. The Labute approximate surface area is 130 Å². The Morgan fingerprint density at radius 2 is 1.73 bits per heavy atom. The SMILES string of the molecule is CBc1ccc2oc(=O)c(-c3ccc(N(C)C)cc3)cc2c1. The number of fused-ring (bicyclic) bond motifs is 1. The fourth-order valence-electron chi connectivity index (χ4n) is 2.53. The highest BCUT2D eigenvalue weighted by molar-refractivity contribution is 6.52. The molecule has 0 aliphatic carbocycles. The van der Waals surface area contributed by atoms with Crippen molar-refractivity contribution in [2.45, 2.75) is 6.82 Å². The predicted molar refractivity (Wildman–Crippen MR) is 94.9 cm³/mol. The third kappa shape index (κ3) is 2.64. The van der Waals surface area contributed by atoms with Crippen molar-refractivity contribution < 1.29 is 4.42 Å². The molecule has 0 N–H and O–H groups in total. The summed E-state index contributed by atoms with van der Waals surface area (Å²) in [5.74, 6) is 0. The van der Waals surface area contributed by atoms with Gasteiger partial charge in [0.1, 0.15) is 5.58 Å². The van der Waals surface area contributed by atoms with E-state index >= 15 is 0 Å². The second kappa shape index (κ2) is 5.72. The zero-order chi connectivity index (χ0) is 15.7. The van der Waals surface area contributed by atoms with E-state index in [1.807, 2.05) is 61.5 Å². The quantitative estimate of drug-likeness (QED) is 0.549. The second-order valence-corrected chi connectivity index (χ2v) is 5.61. The molecule has 22 heavy (non-hydrogen) atoms. The summed E-state index contributed by atoms with van der Waals surface area (Å²) < 4.78 is 5.46. The maximum atomic E-state index is 12.2. The summed E-state index contributed by atoms with van der Waals surface area (Å²) in [7, 11) is 4.94. The van der Waals surface area contributed by atoms with Crippen LogP contribution in [0.4, 0.5) is 5.69 Å². The van der Waals surface area contributed by atoms with Gasteiger partial charge < -0.3 is 9.32 Å². The first kappa shape index (κ1) is 14.5. The lowest BCUT2D eigenvalue weighted by atomic mass is 9.73. The average Bonchev–Trinajstić information content (AvgIpc) is 2.54. The molecule has 1 aromatic heterocycles.